The molecular formula is C23H24N2O3. The van der Waals surface area contributed by atoms with Crippen molar-refractivity contribution in [1.29, 1.82) is 0 Å². The molecule has 0 bridgehead atoms. The number of methoxy groups -OCH3 is 2. The summed E-state index contributed by atoms with van der Waals surface area (Å²) in [6.07, 6.45) is 5.46. The average molecular weight is 376 g/mol. The standard InChI is InChI=1S/C23H24N2O3/c1-27-21-8-7-16(13-22(21)28-2)14-23(26)25-11-9-17(10-12-25)19-15-24-20-6-4-3-5-18(19)20/h3-9,13,15,24H,10-12,14H2,1-2H3. The maximum Gasteiger partial charge on any atom is 0.227 e. The van der Waals surface area contributed by atoms with E-state index in [1.165, 1.54) is 16.5 Å². The molecule has 1 aliphatic heterocycles. The Morgan fingerprint density at radius 1 is 1.11 bits per heavy atom. The van der Waals surface area contributed by atoms with E-state index in [0.717, 1.165) is 24.0 Å². The molecule has 0 atom stereocenters. The zero-order valence-corrected chi connectivity index (χ0v) is 16.2. The first kappa shape index (κ1) is 18.2. The number of carbonyl (C=O) groups excluding carboxylic acids is 1. The van der Waals surface area contributed by atoms with Crippen LogP contribution in [0.2, 0.25) is 0 Å². The van der Waals surface area contributed by atoms with Crippen molar-refractivity contribution in [3.05, 3.63) is 65.9 Å². The van der Waals surface area contributed by atoms with E-state index in [-0.39, 0.29) is 5.91 Å². The Balaban J connectivity index is 1.45. The minimum absolute atomic E-state index is 0.126. The molecule has 4 rings (SSSR count). The smallest absolute Gasteiger partial charge is 0.227 e. The van der Waals surface area contributed by atoms with E-state index >= 15 is 0 Å². The molecule has 1 amide bonds. The van der Waals surface area contributed by atoms with Crippen LogP contribution in [0.4, 0.5) is 0 Å². The van der Waals surface area contributed by atoms with Gasteiger partial charge in [0.25, 0.3) is 0 Å². The minimum atomic E-state index is 0.126. The molecular weight excluding hydrogens is 352 g/mol. The molecule has 0 spiro atoms. The number of aromatic amines is 1. The first-order chi connectivity index (χ1) is 13.7. The Morgan fingerprint density at radius 3 is 2.68 bits per heavy atom. The Kier molecular flexibility index (Phi) is 5.06. The van der Waals surface area contributed by atoms with Gasteiger partial charge in [-0.15, -0.1) is 0 Å². The van der Waals surface area contributed by atoms with Gasteiger partial charge in [0.2, 0.25) is 5.91 Å². The van der Waals surface area contributed by atoms with Gasteiger partial charge in [0.05, 0.1) is 20.6 Å². The van der Waals surface area contributed by atoms with Crippen LogP contribution in [-0.2, 0) is 11.2 Å². The summed E-state index contributed by atoms with van der Waals surface area (Å²) in [5.74, 6) is 1.44. The fourth-order valence-corrected chi connectivity index (χ4v) is 3.75. The molecule has 1 aliphatic rings. The molecule has 5 heteroatoms. The third-order valence-corrected chi connectivity index (χ3v) is 5.30. The number of aromatic nitrogens is 1. The number of ether oxygens (including phenoxy) is 2. The number of nitrogens with zero attached hydrogens (tertiary/aromatic N) is 1. The van der Waals surface area contributed by atoms with Crippen molar-refractivity contribution in [2.24, 2.45) is 0 Å². The Morgan fingerprint density at radius 2 is 1.93 bits per heavy atom. The van der Waals surface area contributed by atoms with Crippen LogP contribution in [0.15, 0.2) is 54.7 Å². The van der Waals surface area contributed by atoms with Crippen molar-refractivity contribution in [2.45, 2.75) is 12.8 Å². The van der Waals surface area contributed by atoms with Gasteiger partial charge in [-0.1, -0.05) is 30.3 Å². The van der Waals surface area contributed by atoms with Crippen LogP contribution in [0.5, 0.6) is 11.5 Å². The van der Waals surface area contributed by atoms with E-state index in [0.29, 0.717) is 24.5 Å². The lowest BCUT2D eigenvalue weighted by Gasteiger charge is -2.26. The van der Waals surface area contributed by atoms with Crippen LogP contribution in [0.25, 0.3) is 16.5 Å². The number of H-pyrrole nitrogens is 1. The lowest BCUT2D eigenvalue weighted by molar-refractivity contribution is -0.130. The third kappa shape index (κ3) is 3.48. The summed E-state index contributed by atoms with van der Waals surface area (Å²) in [6.45, 7) is 1.37. The number of hydrogen-bond donors (Lipinski definition) is 1. The molecule has 0 aliphatic carbocycles. The second-order valence-electron chi connectivity index (χ2n) is 6.93. The van der Waals surface area contributed by atoms with Crippen LogP contribution >= 0.6 is 0 Å². The van der Waals surface area contributed by atoms with Gasteiger partial charge in [-0.05, 0) is 35.8 Å². The van der Waals surface area contributed by atoms with Gasteiger partial charge in [0.15, 0.2) is 11.5 Å². The quantitative estimate of drug-likeness (QED) is 0.731. The summed E-state index contributed by atoms with van der Waals surface area (Å²) in [5, 5.41) is 1.24. The summed E-state index contributed by atoms with van der Waals surface area (Å²) >= 11 is 0. The second kappa shape index (κ2) is 7.80. The lowest BCUT2D eigenvalue weighted by atomic mass is 9.98. The Bertz CT molecular complexity index is 1040. The highest BCUT2D eigenvalue weighted by Gasteiger charge is 2.20. The molecule has 0 unspecified atom stereocenters. The van der Waals surface area contributed by atoms with Crippen LogP contribution in [-0.4, -0.2) is 43.1 Å². The molecule has 1 N–H and O–H groups in total. The van der Waals surface area contributed by atoms with Crippen molar-refractivity contribution in [2.75, 3.05) is 27.3 Å². The molecule has 28 heavy (non-hydrogen) atoms. The first-order valence-electron chi connectivity index (χ1n) is 9.44. The molecule has 144 valence electrons. The predicted octanol–water partition coefficient (Wildman–Crippen LogP) is 4.04. The molecule has 0 saturated heterocycles. The van der Waals surface area contributed by atoms with Crippen molar-refractivity contribution in [3.63, 3.8) is 0 Å². The zero-order valence-electron chi connectivity index (χ0n) is 16.2. The normalized spacial score (nSPS) is 14.1. The highest BCUT2D eigenvalue weighted by atomic mass is 16.5. The number of nitrogens with one attached hydrogen (secondary N) is 1. The first-order valence-corrected chi connectivity index (χ1v) is 9.44. The molecule has 2 heterocycles. The van der Waals surface area contributed by atoms with Gasteiger partial charge in [-0.3, -0.25) is 4.79 Å². The highest BCUT2D eigenvalue weighted by molar-refractivity contribution is 5.93. The molecule has 0 radical (unpaired) electrons. The monoisotopic (exact) mass is 376 g/mol. The van der Waals surface area contributed by atoms with Gasteiger partial charge in [-0.2, -0.15) is 0 Å². The average Bonchev–Trinajstić information content (AvgIpc) is 3.18. The van der Waals surface area contributed by atoms with Crippen molar-refractivity contribution < 1.29 is 14.3 Å². The third-order valence-electron chi connectivity index (χ3n) is 5.30. The number of amides is 1. The van der Waals surface area contributed by atoms with Gasteiger partial charge in [-0.25, -0.2) is 0 Å². The number of hydrogen-bond acceptors (Lipinski definition) is 3. The number of fused-ring (bicyclic) bond motifs is 1. The van der Waals surface area contributed by atoms with Crippen LogP contribution < -0.4 is 9.47 Å². The van der Waals surface area contributed by atoms with E-state index in [4.69, 9.17) is 9.47 Å². The van der Waals surface area contributed by atoms with Crippen LogP contribution in [0.1, 0.15) is 17.5 Å². The number of rotatable bonds is 5. The Labute approximate surface area is 164 Å². The molecule has 0 saturated carbocycles. The SMILES string of the molecule is COc1ccc(CC(=O)N2CC=C(c3c[nH]c4ccccc34)CC2)cc1OC. The van der Waals surface area contributed by atoms with Crippen LogP contribution in [0, 0.1) is 0 Å². The summed E-state index contributed by atoms with van der Waals surface area (Å²) in [6, 6.07) is 13.9. The van der Waals surface area contributed by atoms with E-state index in [1.54, 1.807) is 14.2 Å². The number of carbonyl (C=O) groups is 1. The molecule has 1 aromatic heterocycles. The molecule has 3 aromatic rings. The largest absolute Gasteiger partial charge is 0.493 e. The second-order valence-corrected chi connectivity index (χ2v) is 6.93. The van der Waals surface area contributed by atoms with Gasteiger partial charge in [0, 0.05) is 35.8 Å². The fourth-order valence-electron chi connectivity index (χ4n) is 3.75. The molecule has 5 nitrogen and oxygen atoms in total. The van der Waals surface area contributed by atoms with Crippen molar-refractivity contribution in [1.82, 2.24) is 9.88 Å². The highest BCUT2D eigenvalue weighted by Crippen LogP contribution is 2.30. The summed E-state index contributed by atoms with van der Waals surface area (Å²) in [5.41, 5.74) is 4.61. The Hall–Kier alpha value is -3.21. The molecule has 2 aromatic carbocycles. The van der Waals surface area contributed by atoms with E-state index in [1.807, 2.05) is 29.2 Å². The van der Waals surface area contributed by atoms with E-state index in [2.05, 4.69) is 35.5 Å². The van der Waals surface area contributed by atoms with E-state index in [9.17, 15) is 4.79 Å². The van der Waals surface area contributed by atoms with Gasteiger partial charge < -0.3 is 19.4 Å². The van der Waals surface area contributed by atoms with E-state index < -0.39 is 0 Å². The molecule has 0 fully saturated rings. The topological polar surface area (TPSA) is 54.6 Å². The van der Waals surface area contributed by atoms with Crippen molar-refractivity contribution >= 4 is 22.4 Å². The number of benzene rings is 2. The summed E-state index contributed by atoms with van der Waals surface area (Å²) in [7, 11) is 3.21. The fraction of sp³-hybridized carbons (Fsp3) is 0.261. The van der Waals surface area contributed by atoms with Crippen LogP contribution in [0.3, 0.4) is 0 Å². The predicted molar refractivity (Wildman–Crippen MR) is 111 cm³/mol. The lowest BCUT2D eigenvalue weighted by Crippen LogP contribution is -2.35. The van der Waals surface area contributed by atoms with Gasteiger partial charge in [0.1, 0.15) is 0 Å². The maximum atomic E-state index is 12.7. The minimum Gasteiger partial charge on any atom is -0.493 e. The summed E-state index contributed by atoms with van der Waals surface area (Å²) in [4.78, 5) is 18.0. The van der Waals surface area contributed by atoms with Gasteiger partial charge >= 0.3 is 0 Å². The maximum absolute atomic E-state index is 12.7. The van der Waals surface area contributed by atoms with Crippen molar-refractivity contribution in [3.8, 4) is 11.5 Å². The zero-order chi connectivity index (χ0) is 19.5. The summed E-state index contributed by atoms with van der Waals surface area (Å²) < 4.78 is 10.6. The number of para-hydroxylation sites is 1.